The van der Waals surface area contributed by atoms with Crippen molar-refractivity contribution in [2.24, 2.45) is 23.2 Å². The zero-order chi connectivity index (χ0) is 19.7. The molecule has 0 spiro atoms. The molecular weight excluding hydrogens is 383 g/mol. The molecule has 0 radical (unpaired) electrons. The molecule has 0 amide bonds. The first kappa shape index (κ1) is 20.9. The molecule has 4 rings (SSSR count). The molecule has 5 nitrogen and oxygen atoms in total. The van der Waals surface area contributed by atoms with Crippen molar-refractivity contribution >= 4 is 16.0 Å². The van der Waals surface area contributed by atoms with Crippen molar-refractivity contribution in [1.29, 1.82) is 0 Å². The van der Waals surface area contributed by atoms with Gasteiger partial charge in [0.25, 0.3) is 0 Å². The van der Waals surface area contributed by atoms with Gasteiger partial charge in [0.05, 0.1) is 12.0 Å². The lowest BCUT2D eigenvalue weighted by atomic mass is 9.49. The van der Waals surface area contributed by atoms with Crippen LogP contribution in [-0.2, 0) is 19.6 Å². The zero-order valence-corrected chi connectivity index (χ0v) is 16.2. The second-order valence-corrected chi connectivity index (χ2v) is 10.3. The Morgan fingerprint density at radius 3 is 2.00 bits per heavy atom. The maximum absolute atomic E-state index is 12.6. The minimum atomic E-state index is -5.27. The lowest BCUT2D eigenvalue weighted by molar-refractivity contribution is -0.171. The highest BCUT2D eigenvalue weighted by Gasteiger charge is 2.55. The predicted octanol–water partition coefficient (Wildman–Crippen LogP) is 3.75. The fourth-order valence-electron chi connectivity index (χ4n) is 5.55. The molecule has 0 heterocycles. The van der Waals surface area contributed by atoms with E-state index in [-0.39, 0.29) is 17.9 Å². The van der Waals surface area contributed by atoms with Crippen molar-refractivity contribution in [2.45, 2.75) is 69.7 Å². The highest BCUT2D eigenvalue weighted by Crippen LogP contribution is 2.60. The predicted molar refractivity (Wildman–Crippen MR) is 93.0 cm³/mol. The third kappa shape index (κ3) is 4.78. The summed E-state index contributed by atoms with van der Waals surface area (Å²) in [7, 11) is -5.25. The van der Waals surface area contributed by atoms with Crippen LogP contribution in [0.25, 0.3) is 0 Å². The van der Waals surface area contributed by atoms with Crippen molar-refractivity contribution in [3.63, 3.8) is 0 Å². The van der Waals surface area contributed by atoms with Gasteiger partial charge in [0.2, 0.25) is 0 Å². The highest BCUT2D eigenvalue weighted by atomic mass is 32.2. The number of unbranched alkanes of at least 4 members (excludes halogenated alkanes) is 3. The molecule has 0 aromatic carbocycles. The van der Waals surface area contributed by atoms with E-state index in [1.165, 1.54) is 19.3 Å². The Kier molecular flexibility index (Phi) is 6.11. The molecule has 4 fully saturated rings. The minimum Gasteiger partial charge on any atom is -0.465 e. The van der Waals surface area contributed by atoms with Crippen molar-refractivity contribution in [1.82, 2.24) is 4.72 Å². The first-order valence-electron chi connectivity index (χ1n) is 9.84. The number of hydrogen-bond acceptors (Lipinski definition) is 4. The zero-order valence-electron chi connectivity index (χ0n) is 15.4. The molecule has 0 unspecified atom stereocenters. The first-order chi connectivity index (χ1) is 12.6. The monoisotopic (exact) mass is 411 g/mol. The van der Waals surface area contributed by atoms with Crippen LogP contribution >= 0.6 is 0 Å². The van der Waals surface area contributed by atoms with Crippen molar-refractivity contribution in [3.8, 4) is 0 Å². The van der Waals surface area contributed by atoms with Crippen LogP contribution in [0.4, 0.5) is 13.2 Å². The van der Waals surface area contributed by atoms with Crippen LogP contribution in [0.2, 0.25) is 0 Å². The average Bonchev–Trinajstić information content (AvgIpc) is 2.54. The molecule has 0 aromatic heterocycles. The molecule has 0 aromatic rings. The van der Waals surface area contributed by atoms with E-state index >= 15 is 0 Å². The van der Waals surface area contributed by atoms with Gasteiger partial charge >= 0.3 is 21.5 Å². The van der Waals surface area contributed by atoms with Gasteiger partial charge in [-0.25, -0.2) is 13.1 Å². The lowest BCUT2D eigenvalue weighted by Crippen LogP contribution is -2.50. The number of ether oxygens (including phenoxy) is 1. The second-order valence-electron chi connectivity index (χ2n) is 8.59. The van der Waals surface area contributed by atoms with Crippen molar-refractivity contribution in [2.75, 3.05) is 13.2 Å². The number of carbonyl (C=O) groups excluding carboxylic acids is 1. The maximum atomic E-state index is 12.6. The standard InChI is InChI=1S/C18H28F3NO4S/c19-18(20,21)27(24,25)22-5-3-1-2-4-6-26-16(23)17-10-13-7-14(11-17)9-15(8-13)12-17/h13-15,22H,1-12H2. The largest absolute Gasteiger partial charge is 0.511 e. The molecule has 1 N–H and O–H groups in total. The Hall–Kier alpha value is -0.830. The van der Waals surface area contributed by atoms with Gasteiger partial charge in [-0.05, 0) is 69.1 Å². The third-order valence-corrected chi connectivity index (χ3v) is 7.57. The summed E-state index contributed by atoms with van der Waals surface area (Å²) in [5.74, 6) is 2.00. The van der Waals surface area contributed by atoms with E-state index in [2.05, 4.69) is 0 Å². The van der Waals surface area contributed by atoms with Crippen LogP contribution < -0.4 is 4.72 Å². The molecule has 156 valence electrons. The van der Waals surface area contributed by atoms with E-state index in [0.717, 1.165) is 19.3 Å². The molecule has 4 saturated carbocycles. The summed E-state index contributed by atoms with van der Waals surface area (Å²) in [5, 5.41) is 0. The van der Waals surface area contributed by atoms with E-state index in [9.17, 15) is 26.4 Å². The van der Waals surface area contributed by atoms with E-state index in [1.807, 2.05) is 0 Å². The molecule has 4 aliphatic carbocycles. The van der Waals surface area contributed by atoms with Crippen LogP contribution in [-0.4, -0.2) is 33.0 Å². The summed E-state index contributed by atoms with van der Waals surface area (Å²) in [4.78, 5) is 12.6. The third-order valence-electron chi connectivity index (χ3n) is 6.37. The van der Waals surface area contributed by atoms with Crippen LogP contribution in [0.5, 0.6) is 0 Å². The number of carbonyl (C=O) groups is 1. The lowest BCUT2D eigenvalue weighted by Gasteiger charge is -2.55. The van der Waals surface area contributed by atoms with E-state index in [0.29, 0.717) is 50.0 Å². The number of alkyl halides is 3. The second kappa shape index (κ2) is 7.89. The number of esters is 1. The van der Waals surface area contributed by atoms with Gasteiger partial charge in [0.15, 0.2) is 0 Å². The van der Waals surface area contributed by atoms with Gasteiger partial charge in [0.1, 0.15) is 0 Å². The van der Waals surface area contributed by atoms with Gasteiger partial charge in [-0.3, -0.25) is 4.79 Å². The summed E-state index contributed by atoms with van der Waals surface area (Å²) >= 11 is 0. The van der Waals surface area contributed by atoms with Crippen LogP contribution in [0.3, 0.4) is 0 Å². The topological polar surface area (TPSA) is 72.5 Å². The number of hydrogen-bond donors (Lipinski definition) is 1. The van der Waals surface area contributed by atoms with Gasteiger partial charge in [-0.2, -0.15) is 13.2 Å². The Bertz CT molecular complexity index is 612. The normalized spacial score (nSPS) is 32.6. The maximum Gasteiger partial charge on any atom is 0.511 e. The summed E-state index contributed by atoms with van der Waals surface area (Å²) in [6, 6.07) is 0. The first-order valence-corrected chi connectivity index (χ1v) is 11.3. The average molecular weight is 411 g/mol. The highest BCUT2D eigenvalue weighted by molar-refractivity contribution is 7.90. The summed E-state index contributed by atoms with van der Waals surface area (Å²) < 4.78 is 65.2. The van der Waals surface area contributed by atoms with Crippen LogP contribution in [0.1, 0.15) is 64.2 Å². The van der Waals surface area contributed by atoms with Crippen molar-refractivity contribution in [3.05, 3.63) is 0 Å². The minimum absolute atomic E-state index is 0.0560. The van der Waals surface area contributed by atoms with Crippen LogP contribution in [0, 0.1) is 23.2 Å². The Morgan fingerprint density at radius 1 is 0.963 bits per heavy atom. The number of rotatable bonds is 9. The molecule has 0 aliphatic heterocycles. The summed E-state index contributed by atoms with van der Waals surface area (Å²) in [6.07, 6.45) is 8.94. The van der Waals surface area contributed by atoms with E-state index in [4.69, 9.17) is 4.74 Å². The molecule has 0 saturated heterocycles. The molecule has 0 atom stereocenters. The van der Waals surface area contributed by atoms with Crippen molar-refractivity contribution < 1.29 is 31.1 Å². The molecule has 27 heavy (non-hydrogen) atoms. The quantitative estimate of drug-likeness (QED) is 0.463. The number of nitrogens with one attached hydrogen (secondary N) is 1. The Morgan fingerprint density at radius 2 is 1.48 bits per heavy atom. The van der Waals surface area contributed by atoms with Crippen LogP contribution in [0.15, 0.2) is 0 Å². The fraction of sp³-hybridized carbons (Fsp3) is 0.944. The molecule has 4 bridgehead atoms. The Balaban J connectivity index is 1.28. The SMILES string of the molecule is O=C(OCCCCCCNS(=O)(=O)C(F)(F)F)C12CC3CC(CC(C3)C1)C2. The number of halogens is 3. The van der Waals surface area contributed by atoms with Gasteiger partial charge in [-0.1, -0.05) is 12.8 Å². The summed E-state index contributed by atoms with van der Waals surface area (Å²) in [6.45, 7) is 0.0871. The summed E-state index contributed by atoms with van der Waals surface area (Å²) in [5.41, 5.74) is -5.52. The smallest absolute Gasteiger partial charge is 0.465 e. The van der Waals surface area contributed by atoms with Gasteiger partial charge < -0.3 is 4.74 Å². The molecule has 4 aliphatic rings. The fourth-order valence-corrected chi connectivity index (χ4v) is 6.12. The molecule has 9 heteroatoms. The molecular formula is C18H28F3NO4S. The van der Waals surface area contributed by atoms with E-state index < -0.39 is 15.5 Å². The number of sulfonamides is 1. The van der Waals surface area contributed by atoms with Gasteiger partial charge in [-0.15, -0.1) is 0 Å². The van der Waals surface area contributed by atoms with E-state index in [1.54, 1.807) is 4.72 Å². The van der Waals surface area contributed by atoms with Gasteiger partial charge in [0, 0.05) is 6.54 Å². The Labute approximate surface area is 158 Å².